The van der Waals surface area contributed by atoms with Crippen LogP contribution < -0.4 is 0 Å². The fourth-order valence-corrected chi connectivity index (χ4v) is 8.12. The van der Waals surface area contributed by atoms with Gasteiger partial charge in [-0.15, -0.1) is 11.3 Å². The molecular weight excluding hydrogens is 614 g/mol. The molecule has 0 N–H and O–H groups in total. The van der Waals surface area contributed by atoms with Crippen molar-refractivity contribution in [3.8, 4) is 0 Å². The Morgan fingerprint density at radius 2 is 1.74 bits per heavy atom. The predicted octanol–water partition coefficient (Wildman–Crippen LogP) is 5.63. The minimum atomic E-state index is -1.29. The Morgan fingerprint density at radius 1 is 1.05 bits per heavy atom. The minimum absolute atomic E-state index is 0.00820. The second-order valence-corrected chi connectivity index (χ2v) is 13.5. The van der Waals surface area contributed by atoms with Crippen LogP contribution in [-0.2, 0) is 28.9 Å². The van der Waals surface area contributed by atoms with Gasteiger partial charge in [0.15, 0.2) is 5.54 Å². The van der Waals surface area contributed by atoms with Gasteiger partial charge < -0.3 is 19.1 Å². The SMILES string of the molecule is COC(=O)[C@@]1(Cc2ccccc2)[C@H]2c3cc(C(=O)N(C)C)n(Cc4ccsc4Br)c3C[C@H]2CN1C(=O)c1ccccc1. The highest BCUT2D eigenvalue weighted by Gasteiger charge is 2.64. The first-order valence-corrected chi connectivity index (χ1v) is 15.6. The Morgan fingerprint density at radius 3 is 2.36 bits per heavy atom. The first kappa shape index (κ1) is 28.4. The monoisotopic (exact) mass is 645 g/mol. The number of ether oxygens (including phenoxy) is 1. The third-order valence-corrected chi connectivity index (χ3v) is 10.5. The number of hydrogen-bond donors (Lipinski definition) is 0. The lowest BCUT2D eigenvalue weighted by molar-refractivity contribution is -0.153. The van der Waals surface area contributed by atoms with Crippen LogP contribution in [0.25, 0.3) is 0 Å². The molecule has 4 aromatic rings. The smallest absolute Gasteiger partial charge is 0.332 e. The standard InChI is InChI=1S/C33H32BrN3O4S/c1-35(2)31(39)27-17-25-26(36(27)19-23-14-15-42-29(23)34)16-24-20-37(30(38)22-12-8-5-9-13-22)33(28(24)25,32(40)41-3)18-21-10-6-4-7-11-21/h4-15,17,24,28H,16,18-20H2,1-3H3/t24-,28+,33+/m0/s1. The molecule has 3 atom stereocenters. The van der Waals surface area contributed by atoms with Crippen LogP contribution in [-0.4, -0.2) is 65.4 Å². The van der Waals surface area contributed by atoms with Crippen molar-refractivity contribution in [3.05, 3.63) is 116 Å². The average molecular weight is 647 g/mol. The van der Waals surface area contributed by atoms with Gasteiger partial charge in [0.1, 0.15) is 5.69 Å². The summed E-state index contributed by atoms with van der Waals surface area (Å²) in [5, 5.41) is 2.03. The Kier molecular flexibility index (Phi) is 7.57. The van der Waals surface area contributed by atoms with E-state index in [1.807, 2.05) is 60.0 Å². The largest absolute Gasteiger partial charge is 0.467 e. The van der Waals surface area contributed by atoms with E-state index in [1.165, 1.54) is 7.11 Å². The van der Waals surface area contributed by atoms with Crippen LogP contribution in [0.1, 0.15) is 49.1 Å². The fourth-order valence-electron chi connectivity index (χ4n) is 6.90. The van der Waals surface area contributed by atoms with Gasteiger partial charge in [-0.3, -0.25) is 9.59 Å². The van der Waals surface area contributed by atoms with Gasteiger partial charge in [-0.2, -0.15) is 0 Å². The molecule has 7 nitrogen and oxygen atoms in total. The molecule has 0 saturated carbocycles. The highest BCUT2D eigenvalue weighted by atomic mass is 79.9. The molecule has 1 aliphatic carbocycles. The molecule has 216 valence electrons. The number of carbonyl (C=O) groups is 3. The maximum absolute atomic E-state index is 14.2. The molecule has 3 heterocycles. The third-order valence-electron chi connectivity index (χ3n) is 8.69. The van der Waals surface area contributed by atoms with E-state index in [2.05, 4.69) is 26.6 Å². The zero-order valence-corrected chi connectivity index (χ0v) is 26.2. The molecule has 9 heteroatoms. The number of likely N-dealkylation sites (tertiary alicyclic amines) is 1. The van der Waals surface area contributed by atoms with E-state index in [-0.39, 0.29) is 23.7 Å². The van der Waals surface area contributed by atoms with Crippen LogP contribution in [0.5, 0.6) is 0 Å². The maximum atomic E-state index is 14.2. The van der Waals surface area contributed by atoms with E-state index in [9.17, 15) is 14.4 Å². The average Bonchev–Trinajstić information content (AvgIpc) is 3.74. The second kappa shape index (κ2) is 11.2. The molecule has 0 spiro atoms. The number of esters is 1. The van der Waals surface area contributed by atoms with Gasteiger partial charge in [0, 0.05) is 50.8 Å². The summed E-state index contributed by atoms with van der Waals surface area (Å²) >= 11 is 5.27. The zero-order chi connectivity index (χ0) is 29.6. The lowest BCUT2D eigenvalue weighted by Gasteiger charge is -2.40. The van der Waals surface area contributed by atoms with Gasteiger partial charge in [0.25, 0.3) is 11.8 Å². The number of methoxy groups -OCH3 is 1. The van der Waals surface area contributed by atoms with E-state index in [0.29, 0.717) is 37.2 Å². The number of benzene rings is 2. The van der Waals surface area contributed by atoms with Crippen molar-refractivity contribution >= 4 is 45.1 Å². The number of rotatable bonds is 7. The van der Waals surface area contributed by atoms with Crippen LogP contribution in [0.4, 0.5) is 0 Å². The van der Waals surface area contributed by atoms with Crippen LogP contribution in [0.3, 0.4) is 0 Å². The number of carbonyl (C=O) groups excluding carboxylic acids is 3. The van der Waals surface area contributed by atoms with E-state index in [1.54, 1.807) is 47.4 Å². The number of fused-ring (bicyclic) bond motifs is 3. The van der Waals surface area contributed by atoms with Gasteiger partial charge in [-0.25, -0.2) is 4.79 Å². The topological polar surface area (TPSA) is 71.9 Å². The summed E-state index contributed by atoms with van der Waals surface area (Å²) in [6, 6.07) is 22.9. The molecule has 2 amide bonds. The van der Waals surface area contributed by atoms with E-state index in [0.717, 1.165) is 26.2 Å². The number of nitrogens with zero attached hydrogens (tertiary/aromatic N) is 3. The first-order chi connectivity index (χ1) is 20.3. The maximum Gasteiger partial charge on any atom is 0.332 e. The summed E-state index contributed by atoms with van der Waals surface area (Å²) in [6.45, 7) is 0.943. The van der Waals surface area contributed by atoms with Gasteiger partial charge in [-0.05, 0) is 74.6 Å². The first-order valence-electron chi connectivity index (χ1n) is 13.9. The normalized spacial score (nSPS) is 20.7. The van der Waals surface area contributed by atoms with Gasteiger partial charge in [0.05, 0.1) is 10.9 Å². The lowest BCUT2D eigenvalue weighted by Crippen LogP contribution is -2.58. The van der Waals surface area contributed by atoms with E-state index in [4.69, 9.17) is 4.74 Å². The Balaban J connectivity index is 1.54. The molecule has 0 unspecified atom stereocenters. The molecule has 2 aliphatic rings. The molecule has 1 fully saturated rings. The summed E-state index contributed by atoms with van der Waals surface area (Å²) in [4.78, 5) is 45.2. The number of aromatic nitrogens is 1. The summed E-state index contributed by atoms with van der Waals surface area (Å²) < 4.78 is 8.69. The van der Waals surface area contributed by atoms with Gasteiger partial charge >= 0.3 is 5.97 Å². The van der Waals surface area contributed by atoms with Crippen molar-refractivity contribution in [1.29, 1.82) is 0 Å². The highest BCUT2D eigenvalue weighted by molar-refractivity contribution is 9.11. The highest BCUT2D eigenvalue weighted by Crippen LogP contribution is 2.55. The molecule has 1 aliphatic heterocycles. The Hall–Kier alpha value is -3.69. The molecule has 2 aromatic heterocycles. The molecule has 1 saturated heterocycles. The zero-order valence-electron chi connectivity index (χ0n) is 23.7. The molecule has 0 bridgehead atoms. The summed E-state index contributed by atoms with van der Waals surface area (Å²) in [5.74, 6) is -1.09. The second-order valence-electron chi connectivity index (χ2n) is 11.2. The molecule has 0 radical (unpaired) electrons. The third kappa shape index (κ3) is 4.59. The summed E-state index contributed by atoms with van der Waals surface area (Å²) in [7, 11) is 4.89. The Labute approximate surface area is 257 Å². The van der Waals surface area contributed by atoms with Crippen molar-refractivity contribution in [2.24, 2.45) is 5.92 Å². The number of thiophene rings is 1. The lowest BCUT2D eigenvalue weighted by atomic mass is 9.75. The molecule has 42 heavy (non-hydrogen) atoms. The van der Waals surface area contributed by atoms with Crippen LogP contribution in [0, 0.1) is 5.92 Å². The number of amides is 2. The van der Waals surface area contributed by atoms with Gasteiger partial charge in [0.2, 0.25) is 0 Å². The van der Waals surface area contributed by atoms with Gasteiger partial charge in [-0.1, -0.05) is 48.5 Å². The van der Waals surface area contributed by atoms with Crippen LogP contribution in [0.15, 0.2) is 82.0 Å². The minimum Gasteiger partial charge on any atom is -0.467 e. The Bertz CT molecular complexity index is 1650. The van der Waals surface area contributed by atoms with Crippen molar-refractivity contribution < 1.29 is 19.1 Å². The predicted molar refractivity (Wildman–Crippen MR) is 166 cm³/mol. The quantitative estimate of drug-likeness (QED) is 0.244. The van der Waals surface area contributed by atoms with Crippen LogP contribution in [0.2, 0.25) is 0 Å². The summed E-state index contributed by atoms with van der Waals surface area (Å²) in [5.41, 5.74) is 3.84. The van der Waals surface area contributed by atoms with E-state index >= 15 is 0 Å². The van der Waals surface area contributed by atoms with Crippen molar-refractivity contribution in [2.75, 3.05) is 27.7 Å². The summed E-state index contributed by atoms with van der Waals surface area (Å²) in [6.07, 6.45) is 0.951. The molecule has 6 rings (SSSR count). The fraction of sp³-hybridized carbons (Fsp3) is 0.303. The molecule has 2 aromatic carbocycles. The van der Waals surface area contributed by atoms with Crippen molar-refractivity contribution in [3.63, 3.8) is 0 Å². The van der Waals surface area contributed by atoms with E-state index < -0.39 is 11.5 Å². The number of hydrogen-bond acceptors (Lipinski definition) is 5. The van der Waals surface area contributed by atoms with Crippen molar-refractivity contribution in [1.82, 2.24) is 14.4 Å². The number of halogens is 1. The molecular formula is C33H32BrN3O4S. The van der Waals surface area contributed by atoms with Crippen molar-refractivity contribution in [2.45, 2.75) is 30.8 Å². The van der Waals surface area contributed by atoms with Crippen LogP contribution >= 0.6 is 27.3 Å².